The Morgan fingerprint density at radius 2 is 1.50 bits per heavy atom. The van der Waals surface area contributed by atoms with Crippen LogP contribution in [0.2, 0.25) is 0 Å². The van der Waals surface area contributed by atoms with Crippen molar-refractivity contribution in [2.75, 3.05) is 0 Å². The van der Waals surface area contributed by atoms with Crippen molar-refractivity contribution in [1.82, 2.24) is 0 Å². The third kappa shape index (κ3) is 5.10. The predicted octanol–water partition coefficient (Wildman–Crippen LogP) is 0.828. The fourth-order valence-electron chi connectivity index (χ4n) is 2.45. The number of hydrogen-bond acceptors (Lipinski definition) is 1. The quantitative estimate of drug-likeness (QED) is 0.445. The Labute approximate surface area is 138 Å². The zero-order chi connectivity index (χ0) is 11.4. The van der Waals surface area contributed by atoms with Crippen molar-refractivity contribution in [3.05, 3.63) is 29.3 Å². The Morgan fingerprint density at radius 1 is 1.00 bits per heavy atom. The Bertz CT molecular complexity index is 326. The third-order valence-corrected chi connectivity index (χ3v) is 3.40. The number of hydrogen-bond donors (Lipinski definition) is 0. The molecule has 0 aliphatic heterocycles. The van der Waals surface area contributed by atoms with Crippen LogP contribution in [0.4, 0.5) is 0 Å². The number of halogens is 1. The van der Waals surface area contributed by atoms with E-state index in [-0.39, 0.29) is 40.0 Å². The molecule has 1 fully saturated rings. The van der Waals surface area contributed by atoms with Gasteiger partial charge in [-0.25, -0.2) is 0 Å². The van der Waals surface area contributed by atoms with Gasteiger partial charge in [-0.15, -0.1) is 11.1 Å². The van der Waals surface area contributed by atoms with Gasteiger partial charge in [0, 0.05) is 5.75 Å². The molecule has 0 atom stereocenters. The van der Waals surface area contributed by atoms with E-state index in [0.29, 0.717) is 6.10 Å². The molecule has 0 heterocycles. The molecule has 0 unspecified atom stereocenters. The van der Waals surface area contributed by atoms with Gasteiger partial charge in [-0.2, -0.15) is 18.2 Å². The van der Waals surface area contributed by atoms with Crippen molar-refractivity contribution in [3.8, 4) is 5.75 Å². The van der Waals surface area contributed by atoms with Crippen LogP contribution in [0, 0.1) is 19.9 Å². The molecule has 0 N–H and O–H groups in total. The molecule has 96 valence electrons. The molecule has 1 saturated carbocycles. The van der Waals surface area contributed by atoms with Crippen molar-refractivity contribution in [3.63, 3.8) is 0 Å². The Hall–Kier alpha value is 0.266. The van der Waals surface area contributed by atoms with Gasteiger partial charge in [0.1, 0.15) is 0 Å². The second-order valence-corrected chi connectivity index (χ2v) is 4.88. The van der Waals surface area contributed by atoms with Crippen LogP contribution in [-0.2, 0) is 0 Å². The van der Waals surface area contributed by atoms with Crippen LogP contribution in [0.3, 0.4) is 0 Å². The minimum atomic E-state index is 0. The molecule has 1 aromatic rings. The first kappa shape index (κ1) is 18.3. The zero-order valence-corrected chi connectivity index (χ0v) is 14.5. The second kappa shape index (κ2) is 9.21. The van der Waals surface area contributed by atoms with Crippen molar-refractivity contribution >= 4 is 23.1 Å². The molecule has 1 nitrogen and oxygen atoms in total. The van der Waals surface area contributed by atoms with E-state index >= 15 is 0 Å². The van der Waals surface area contributed by atoms with Crippen molar-refractivity contribution in [2.24, 2.45) is 0 Å². The van der Waals surface area contributed by atoms with E-state index in [1.54, 1.807) is 0 Å². The summed E-state index contributed by atoms with van der Waals surface area (Å²) in [7, 11) is 0. The molecule has 3 heteroatoms. The minimum absolute atomic E-state index is 0. The van der Waals surface area contributed by atoms with Crippen LogP contribution in [0.5, 0.6) is 5.75 Å². The Kier molecular flexibility index (Phi) is 9.35. The van der Waals surface area contributed by atoms with E-state index in [2.05, 4.69) is 19.9 Å². The normalized spacial score (nSPS) is 16.1. The van der Waals surface area contributed by atoms with Crippen molar-refractivity contribution in [1.29, 1.82) is 0 Å². The van der Waals surface area contributed by atoms with E-state index in [4.69, 9.17) is 4.74 Å². The van der Waals surface area contributed by atoms with Gasteiger partial charge in [0.25, 0.3) is 0 Å². The predicted molar refractivity (Wildman–Crippen MR) is 72.6 cm³/mol. The van der Waals surface area contributed by atoms with E-state index in [9.17, 15) is 0 Å². The maximum Gasteiger partial charge on any atom is 2.00 e. The summed E-state index contributed by atoms with van der Waals surface area (Å²) in [5.74, 6) is 1.09. The first-order valence-corrected chi connectivity index (χ1v) is 6.41. The summed E-state index contributed by atoms with van der Waals surface area (Å²) in [6.07, 6.45) is 8.27. The van der Waals surface area contributed by atoms with E-state index < -0.39 is 0 Å². The summed E-state index contributed by atoms with van der Waals surface area (Å²) in [6.45, 7) is 4.21. The molecule has 1 aliphatic rings. The average Bonchev–Trinajstić information content (AvgIpc) is 2.52. The van der Waals surface area contributed by atoms with E-state index in [1.165, 1.54) is 49.7 Å². The summed E-state index contributed by atoms with van der Waals surface area (Å²) in [5.41, 5.74) is 2.42. The van der Waals surface area contributed by atoms with Crippen LogP contribution in [0.1, 0.15) is 49.7 Å². The Morgan fingerprint density at radius 3 is 2.00 bits per heavy atom. The van der Waals surface area contributed by atoms with E-state index in [0.717, 1.165) is 5.75 Å². The first-order valence-electron chi connectivity index (χ1n) is 6.41. The molecule has 1 aliphatic carbocycles. The summed E-state index contributed by atoms with van der Waals surface area (Å²) >= 11 is 0. The van der Waals surface area contributed by atoms with Gasteiger partial charge < -0.3 is 21.7 Å². The monoisotopic (exact) mass is 320 g/mol. The first-order chi connectivity index (χ1) is 7.77. The Balaban J connectivity index is 0.00000144. The van der Waals surface area contributed by atoms with Gasteiger partial charge in [0.05, 0.1) is 6.10 Å². The van der Waals surface area contributed by atoms with Gasteiger partial charge in [-0.1, -0.05) is 26.7 Å². The fraction of sp³-hybridized carbons (Fsp3) is 0.600. The molecular formula is C15H21BrMgO. The second-order valence-electron chi connectivity index (χ2n) is 4.88. The summed E-state index contributed by atoms with van der Waals surface area (Å²) in [5, 5.41) is 0. The molecular weight excluding hydrogens is 300 g/mol. The van der Waals surface area contributed by atoms with Gasteiger partial charge >= 0.3 is 23.1 Å². The average molecular weight is 322 g/mol. The van der Waals surface area contributed by atoms with Gasteiger partial charge in [-0.05, 0) is 25.7 Å². The summed E-state index contributed by atoms with van der Waals surface area (Å²) in [4.78, 5) is 0. The number of rotatable bonds is 2. The minimum Gasteiger partial charge on any atom is -1.00 e. The molecule has 1 aromatic carbocycles. The fourth-order valence-corrected chi connectivity index (χ4v) is 2.45. The van der Waals surface area contributed by atoms with Crippen LogP contribution >= 0.6 is 0 Å². The smallest absolute Gasteiger partial charge is 1.00 e. The van der Waals surface area contributed by atoms with Gasteiger partial charge in [0.2, 0.25) is 0 Å². The molecule has 2 rings (SSSR count). The molecule has 0 aromatic heterocycles. The number of benzene rings is 1. The molecule has 0 amide bonds. The summed E-state index contributed by atoms with van der Waals surface area (Å²) in [6, 6.07) is 7.16. The van der Waals surface area contributed by atoms with Crippen LogP contribution in [-0.4, -0.2) is 29.2 Å². The van der Waals surface area contributed by atoms with Gasteiger partial charge in [0.15, 0.2) is 0 Å². The largest absolute Gasteiger partial charge is 2.00 e. The van der Waals surface area contributed by atoms with Crippen molar-refractivity contribution in [2.45, 2.75) is 58.5 Å². The van der Waals surface area contributed by atoms with Crippen LogP contribution < -0.4 is 21.7 Å². The van der Waals surface area contributed by atoms with E-state index in [1.807, 2.05) is 12.1 Å². The number of aryl methyl sites for hydroxylation is 2. The third-order valence-electron chi connectivity index (χ3n) is 3.40. The van der Waals surface area contributed by atoms with Crippen LogP contribution in [0.25, 0.3) is 0 Å². The maximum absolute atomic E-state index is 6.18. The standard InChI is InChI=1S/C15H21O.BrH.Mg/c1-12-8-7-9-13(2)15(12)16-14-10-5-3-4-6-11-14;;/h8-9,14H,3-6,10-11H2,1-2H3;1H;/q-1;;+2/p-1. The molecule has 0 radical (unpaired) electrons. The summed E-state index contributed by atoms with van der Waals surface area (Å²) < 4.78 is 6.18. The molecule has 0 bridgehead atoms. The van der Waals surface area contributed by atoms with Gasteiger partial charge in [-0.3, -0.25) is 0 Å². The zero-order valence-electron chi connectivity index (χ0n) is 11.5. The van der Waals surface area contributed by atoms with Crippen molar-refractivity contribution < 1.29 is 21.7 Å². The molecule has 18 heavy (non-hydrogen) atoms. The maximum atomic E-state index is 6.18. The molecule has 0 saturated heterocycles. The topological polar surface area (TPSA) is 9.23 Å². The van der Waals surface area contributed by atoms with Crippen LogP contribution in [0.15, 0.2) is 12.1 Å². The number of ether oxygens (including phenoxy) is 1. The molecule has 0 spiro atoms. The SMILES string of the molecule is Cc1c[c-]cc(C)c1OC1CCCCCC1.[Br-].[Mg+2].